The van der Waals surface area contributed by atoms with E-state index in [1.807, 2.05) is 36.6 Å². The van der Waals surface area contributed by atoms with Crippen molar-refractivity contribution in [2.45, 2.75) is 50.5 Å². The number of hydrogen-bond donors (Lipinski definition) is 2. The fraction of sp³-hybridized carbons (Fsp3) is 0.462. The minimum atomic E-state index is -0.565. The van der Waals surface area contributed by atoms with Crippen LogP contribution in [-0.4, -0.2) is 43.0 Å². The smallest absolute Gasteiger partial charge is 0.251 e. The molecule has 2 N–H and O–H groups in total. The third-order valence-electron chi connectivity index (χ3n) is 5.90. The second kappa shape index (κ2) is 13.2. The van der Waals surface area contributed by atoms with E-state index < -0.39 is 6.04 Å². The molecule has 3 rings (SSSR count). The predicted molar refractivity (Wildman–Crippen MR) is 131 cm³/mol. The van der Waals surface area contributed by atoms with E-state index in [-0.39, 0.29) is 11.8 Å². The number of carbonyl (C=O) groups excluding carboxylic acids is 2. The minimum absolute atomic E-state index is 0.181. The Morgan fingerprint density at radius 3 is 2.44 bits per heavy atom. The fourth-order valence-corrected chi connectivity index (χ4v) is 4.55. The zero-order valence-corrected chi connectivity index (χ0v) is 19.7. The van der Waals surface area contributed by atoms with Crippen molar-refractivity contribution in [1.29, 1.82) is 0 Å². The maximum Gasteiger partial charge on any atom is 0.251 e. The highest BCUT2D eigenvalue weighted by atomic mass is 32.2. The lowest BCUT2D eigenvalue weighted by Crippen LogP contribution is -2.47. The third-order valence-corrected chi connectivity index (χ3v) is 6.54. The molecule has 0 saturated heterocycles. The van der Waals surface area contributed by atoms with Crippen molar-refractivity contribution in [1.82, 2.24) is 10.6 Å². The van der Waals surface area contributed by atoms with Gasteiger partial charge in [0.15, 0.2) is 0 Å². The zero-order chi connectivity index (χ0) is 22.6. The highest BCUT2D eigenvalue weighted by Crippen LogP contribution is 2.33. The van der Waals surface area contributed by atoms with Gasteiger partial charge < -0.3 is 15.4 Å². The first kappa shape index (κ1) is 24.2. The summed E-state index contributed by atoms with van der Waals surface area (Å²) >= 11 is 1.65. The zero-order valence-electron chi connectivity index (χ0n) is 18.8. The van der Waals surface area contributed by atoms with E-state index in [0.29, 0.717) is 31.1 Å². The Bertz CT molecular complexity index is 836. The second-order valence-electron chi connectivity index (χ2n) is 8.22. The Labute approximate surface area is 195 Å². The van der Waals surface area contributed by atoms with Gasteiger partial charge in [-0.25, -0.2) is 0 Å². The molecule has 0 radical (unpaired) electrons. The SMILES string of the molecule is CSCC[C@H](NC(=O)c1ccccc1)C(=O)NCCOc1ccc(C2CCCCC2)cc1. The summed E-state index contributed by atoms with van der Waals surface area (Å²) in [5, 5.41) is 5.75. The largest absolute Gasteiger partial charge is 0.492 e. The van der Waals surface area contributed by atoms with Gasteiger partial charge in [0.25, 0.3) is 5.91 Å². The predicted octanol–water partition coefficient (Wildman–Crippen LogP) is 4.78. The average molecular weight is 455 g/mol. The molecule has 2 aromatic carbocycles. The van der Waals surface area contributed by atoms with Gasteiger partial charge >= 0.3 is 0 Å². The van der Waals surface area contributed by atoms with Gasteiger partial charge in [0.05, 0.1) is 6.54 Å². The van der Waals surface area contributed by atoms with Crippen molar-refractivity contribution in [3.05, 3.63) is 65.7 Å². The van der Waals surface area contributed by atoms with E-state index in [0.717, 1.165) is 11.5 Å². The summed E-state index contributed by atoms with van der Waals surface area (Å²) in [5.74, 6) is 1.87. The number of rotatable bonds is 11. The van der Waals surface area contributed by atoms with Crippen LogP contribution in [0.5, 0.6) is 5.75 Å². The first-order valence-electron chi connectivity index (χ1n) is 11.5. The normalized spacial score (nSPS) is 15.0. The molecule has 0 spiro atoms. The van der Waals surface area contributed by atoms with Crippen molar-refractivity contribution in [2.75, 3.05) is 25.2 Å². The van der Waals surface area contributed by atoms with E-state index in [2.05, 4.69) is 22.8 Å². The van der Waals surface area contributed by atoms with Gasteiger partial charge in [-0.3, -0.25) is 9.59 Å². The summed E-state index contributed by atoms with van der Waals surface area (Å²) in [5.41, 5.74) is 1.95. The molecule has 0 heterocycles. The van der Waals surface area contributed by atoms with Crippen molar-refractivity contribution in [2.24, 2.45) is 0 Å². The number of carbonyl (C=O) groups is 2. The molecular formula is C26H34N2O3S. The summed E-state index contributed by atoms with van der Waals surface area (Å²) in [6.45, 7) is 0.774. The van der Waals surface area contributed by atoms with Crippen LogP contribution >= 0.6 is 11.8 Å². The van der Waals surface area contributed by atoms with Gasteiger partial charge in [0.2, 0.25) is 5.91 Å². The van der Waals surface area contributed by atoms with Crippen molar-refractivity contribution in [3.8, 4) is 5.75 Å². The van der Waals surface area contributed by atoms with Crippen LogP contribution in [0.3, 0.4) is 0 Å². The summed E-state index contributed by atoms with van der Waals surface area (Å²) in [6, 6.07) is 16.8. The molecule has 172 valence electrons. The summed E-state index contributed by atoms with van der Waals surface area (Å²) in [4.78, 5) is 25.1. The van der Waals surface area contributed by atoms with Crippen LogP contribution in [0.1, 0.15) is 60.4 Å². The fourth-order valence-electron chi connectivity index (χ4n) is 4.07. The monoisotopic (exact) mass is 454 g/mol. The Balaban J connectivity index is 1.43. The molecule has 1 fully saturated rings. The molecule has 2 amide bonds. The maximum absolute atomic E-state index is 12.7. The number of benzene rings is 2. The standard InChI is InChI=1S/C26H34N2O3S/c1-32-19-16-24(28-25(29)22-10-6-3-7-11-22)26(30)27-17-18-31-23-14-12-21(13-15-23)20-8-4-2-5-9-20/h3,6-7,10-15,20,24H,2,4-5,8-9,16-19H2,1H3,(H,27,30)(H,28,29)/t24-/m0/s1. The summed E-state index contributed by atoms with van der Waals surface area (Å²) < 4.78 is 5.80. The molecule has 1 saturated carbocycles. The maximum atomic E-state index is 12.7. The molecule has 0 aliphatic heterocycles. The average Bonchev–Trinajstić information content (AvgIpc) is 2.85. The molecule has 2 aromatic rings. The molecular weight excluding hydrogens is 420 g/mol. The molecule has 1 atom stereocenters. The number of hydrogen-bond acceptors (Lipinski definition) is 4. The topological polar surface area (TPSA) is 67.4 Å². The molecule has 0 bridgehead atoms. The van der Waals surface area contributed by atoms with E-state index in [1.165, 1.54) is 37.7 Å². The van der Waals surface area contributed by atoms with Gasteiger partial charge in [-0.2, -0.15) is 11.8 Å². The Morgan fingerprint density at radius 2 is 1.75 bits per heavy atom. The number of ether oxygens (including phenoxy) is 1. The van der Waals surface area contributed by atoms with Crippen LogP contribution in [0, 0.1) is 0 Å². The van der Waals surface area contributed by atoms with E-state index in [1.54, 1.807) is 23.9 Å². The molecule has 6 heteroatoms. The van der Waals surface area contributed by atoms with Crippen LogP contribution in [0.25, 0.3) is 0 Å². The molecule has 32 heavy (non-hydrogen) atoms. The van der Waals surface area contributed by atoms with Gasteiger partial charge in [0, 0.05) is 5.56 Å². The van der Waals surface area contributed by atoms with E-state index in [4.69, 9.17) is 4.74 Å². The highest BCUT2D eigenvalue weighted by Gasteiger charge is 2.21. The number of amides is 2. The summed E-state index contributed by atoms with van der Waals surface area (Å²) in [7, 11) is 0. The van der Waals surface area contributed by atoms with Gasteiger partial charge in [-0.15, -0.1) is 0 Å². The van der Waals surface area contributed by atoms with Crippen LogP contribution in [0.15, 0.2) is 54.6 Å². The lowest BCUT2D eigenvalue weighted by Gasteiger charge is -2.22. The second-order valence-corrected chi connectivity index (χ2v) is 9.20. The van der Waals surface area contributed by atoms with Crippen molar-refractivity contribution < 1.29 is 14.3 Å². The third kappa shape index (κ3) is 7.59. The van der Waals surface area contributed by atoms with Crippen LogP contribution in [0.4, 0.5) is 0 Å². The van der Waals surface area contributed by atoms with Crippen LogP contribution in [0.2, 0.25) is 0 Å². The minimum Gasteiger partial charge on any atom is -0.492 e. The van der Waals surface area contributed by atoms with Crippen molar-refractivity contribution in [3.63, 3.8) is 0 Å². The number of nitrogens with one attached hydrogen (secondary N) is 2. The summed E-state index contributed by atoms with van der Waals surface area (Å²) in [6.07, 6.45) is 9.14. The number of thioether (sulfide) groups is 1. The molecule has 1 aliphatic carbocycles. The first-order valence-corrected chi connectivity index (χ1v) is 12.9. The molecule has 5 nitrogen and oxygen atoms in total. The van der Waals surface area contributed by atoms with Crippen LogP contribution < -0.4 is 15.4 Å². The van der Waals surface area contributed by atoms with Crippen LogP contribution in [-0.2, 0) is 4.79 Å². The Kier molecular flexibility index (Phi) is 9.95. The molecule has 0 unspecified atom stereocenters. The quantitative estimate of drug-likeness (QED) is 0.480. The van der Waals surface area contributed by atoms with Crippen molar-refractivity contribution >= 4 is 23.6 Å². The molecule has 0 aromatic heterocycles. The Hall–Kier alpha value is -2.47. The molecule has 1 aliphatic rings. The van der Waals surface area contributed by atoms with E-state index >= 15 is 0 Å². The lowest BCUT2D eigenvalue weighted by molar-refractivity contribution is -0.123. The first-order chi connectivity index (χ1) is 15.7. The Morgan fingerprint density at radius 1 is 1.03 bits per heavy atom. The van der Waals surface area contributed by atoms with Gasteiger partial charge in [-0.05, 0) is 67.0 Å². The lowest BCUT2D eigenvalue weighted by atomic mass is 9.84. The van der Waals surface area contributed by atoms with Gasteiger partial charge in [-0.1, -0.05) is 49.6 Å². The highest BCUT2D eigenvalue weighted by molar-refractivity contribution is 7.98. The van der Waals surface area contributed by atoms with Gasteiger partial charge in [0.1, 0.15) is 18.4 Å². The van der Waals surface area contributed by atoms with E-state index in [9.17, 15) is 9.59 Å².